The van der Waals surface area contributed by atoms with E-state index in [1.807, 2.05) is 6.08 Å². The van der Waals surface area contributed by atoms with E-state index >= 15 is 0 Å². The van der Waals surface area contributed by atoms with Gasteiger partial charge in [-0.25, -0.2) is 4.39 Å². The Labute approximate surface area is 79.1 Å². The van der Waals surface area contributed by atoms with Crippen molar-refractivity contribution in [1.29, 1.82) is 0 Å². The van der Waals surface area contributed by atoms with E-state index in [0.717, 1.165) is 12.8 Å². The summed E-state index contributed by atoms with van der Waals surface area (Å²) in [6.45, 7) is 7.15. The van der Waals surface area contributed by atoms with Gasteiger partial charge < -0.3 is 0 Å². The standard InChI is InChI=1S/C10H16ClF/c1-4-8(2)6-5-7-10(11)9(3)12/h4,8H,1,5-7H2,2-3H3. The fourth-order valence-corrected chi connectivity index (χ4v) is 1.00. The average molecular weight is 191 g/mol. The minimum atomic E-state index is -0.261. The molecule has 0 rings (SSSR count). The molecule has 0 radical (unpaired) electrons. The maximum Gasteiger partial charge on any atom is 0.111 e. The van der Waals surface area contributed by atoms with Crippen LogP contribution in [0.25, 0.3) is 0 Å². The number of hydrogen-bond acceptors (Lipinski definition) is 0. The third-order valence-electron chi connectivity index (χ3n) is 1.83. The second-order valence-corrected chi connectivity index (χ2v) is 3.50. The molecular weight excluding hydrogens is 175 g/mol. The zero-order valence-electron chi connectivity index (χ0n) is 7.74. The third-order valence-corrected chi connectivity index (χ3v) is 2.28. The summed E-state index contributed by atoms with van der Waals surface area (Å²) in [6.07, 6.45) is 4.49. The summed E-state index contributed by atoms with van der Waals surface area (Å²) in [5, 5.41) is 0.353. The maximum absolute atomic E-state index is 12.4. The SMILES string of the molecule is C=CC(C)CCCC(Cl)=C(C)F. The molecule has 0 nitrogen and oxygen atoms in total. The average Bonchev–Trinajstić information content (AvgIpc) is 2.03. The normalized spacial score (nSPS) is 15.3. The van der Waals surface area contributed by atoms with Crippen molar-refractivity contribution in [2.45, 2.75) is 33.1 Å². The predicted octanol–water partition coefficient (Wildman–Crippen LogP) is 4.42. The van der Waals surface area contributed by atoms with Crippen molar-refractivity contribution in [3.05, 3.63) is 23.5 Å². The van der Waals surface area contributed by atoms with Gasteiger partial charge in [0.1, 0.15) is 5.83 Å². The van der Waals surface area contributed by atoms with Gasteiger partial charge in [-0.2, -0.15) is 0 Å². The molecule has 0 aliphatic rings. The molecule has 70 valence electrons. The number of rotatable bonds is 5. The lowest BCUT2D eigenvalue weighted by Crippen LogP contribution is -1.89. The van der Waals surface area contributed by atoms with Crippen LogP contribution >= 0.6 is 11.6 Å². The molecule has 0 fully saturated rings. The van der Waals surface area contributed by atoms with Crippen LogP contribution in [0.2, 0.25) is 0 Å². The number of hydrogen-bond donors (Lipinski definition) is 0. The van der Waals surface area contributed by atoms with Gasteiger partial charge in [-0.1, -0.05) is 24.6 Å². The lowest BCUT2D eigenvalue weighted by atomic mass is 10.0. The van der Waals surface area contributed by atoms with Crippen LogP contribution in [0.4, 0.5) is 4.39 Å². The second kappa shape index (κ2) is 6.24. The first-order chi connectivity index (χ1) is 5.57. The van der Waals surface area contributed by atoms with E-state index < -0.39 is 0 Å². The lowest BCUT2D eigenvalue weighted by Gasteiger charge is -2.04. The molecule has 2 heteroatoms. The Bertz CT molecular complexity index is 169. The van der Waals surface area contributed by atoms with Gasteiger partial charge in [0.05, 0.1) is 0 Å². The molecular formula is C10H16ClF. The van der Waals surface area contributed by atoms with E-state index in [2.05, 4.69) is 13.5 Å². The highest BCUT2D eigenvalue weighted by atomic mass is 35.5. The minimum Gasteiger partial charge on any atom is -0.211 e. The van der Waals surface area contributed by atoms with Crippen molar-refractivity contribution >= 4 is 11.6 Å². The highest BCUT2D eigenvalue weighted by molar-refractivity contribution is 6.29. The Balaban J connectivity index is 3.57. The van der Waals surface area contributed by atoms with E-state index in [-0.39, 0.29) is 5.83 Å². The van der Waals surface area contributed by atoms with Crippen LogP contribution < -0.4 is 0 Å². The summed E-state index contributed by atoms with van der Waals surface area (Å²) < 4.78 is 12.4. The van der Waals surface area contributed by atoms with Crippen molar-refractivity contribution in [2.75, 3.05) is 0 Å². The van der Waals surface area contributed by atoms with Crippen molar-refractivity contribution in [1.82, 2.24) is 0 Å². The van der Waals surface area contributed by atoms with Gasteiger partial charge in [0.15, 0.2) is 0 Å². The fraction of sp³-hybridized carbons (Fsp3) is 0.600. The molecule has 0 N–H and O–H groups in total. The molecule has 0 aliphatic carbocycles. The van der Waals surface area contributed by atoms with Crippen LogP contribution in [-0.2, 0) is 0 Å². The Morgan fingerprint density at radius 1 is 1.67 bits per heavy atom. The summed E-state index contributed by atoms with van der Waals surface area (Å²) in [5.41, 5.74) is 0. The molecule has 0 aromatic rings. The lowest BCUT2D eigenvalue weighted by molar-refractivity contribution is 0.591. The molecule has 0 saturated heterocycles. The smallest absolute Gasteiger partial charge is 0.111 e. The highest BCUT2D eigenvalue weighted by Gasteiger charge is 2.00. The molecule has 0 aromatic heterocycles. The Morgan fingerprint density at radius 2 is 2.25 bits per heavy atom. The molecule has 0 bridgehead atoms. The number of allylic oxidation sites excluding steroid dienone is 3. The van der Waals surface area contributed by atoms with Gasteiger partial charge >= 0.3 is 0 Å². The van der Waals surface area contributed by atoms with E-state index in [4.69, 9.17) is 11.6 Å². The summed E-state index contributed by atoms with van der Waals surface area (Å²) in [4.78, 5) is 0. The molecule has 0 amide bonds. The third kappa shape index (κ3) is 5.36. The van der Waals surface area contributed by atoms with E-state index in [0.29, 0.717) is 17.4 Å². The molecule has 0 aliphatic heterocycles. The minimum absolute atomic E-state index is 0.261. The van der Waals surface area contributed by atoms with Crippen LogP contribution in [0.5, 0.6) is 0 Å². The Kier molecular flexibility index (Phi) is 6.09. The van der Waals surface area contributed by atoms with Crippen LogP contribution in [0.3, 0.4) is 0 Å². The van der Waals surface area contributed by atoms with Crippen molar-refractivity contribution in [2.24, 2.45) is 5.92 Å². The quantitative estimate of drug-likeness (QED) is 0.563. The molecule has 0 heterocycles. The van der Waals surface area contributed by atoms with Crippen LogP contribution in [0.1, 0.15) is 33.1 Å². The van der Waals surface area contributed by atoms with Crippen molar-refractivity contribution in [3.8, 4) is 0 Å². The molecule has 0 spiro atoms. The van der Waals surface area contributed by atoms with Gasteiger partial charge in [0.25, 0.3) is 0 Å². The summed E-state index contributed by atoms with van der Waals surface area (Å²) in [6, 6.07) is 0. The van der Waals surface area contributed by atoms with Crippen LogP contribution in [0.15, 0.2) is 23.5 Å². The van der Waals surface area contributed by atoms with E-state index in [9.17, 15) is 4.39 Å². The van der Waals surface area contributed by atoms with Crippen molar-refractivity contribution in [3.63, 3.8) is 0 Å². The zero-order valence-corrected chi connectivity index (χ0v) is 8.49. The Hall–Kier alpha value is -0.300. The molecule has 0 saturated carbocycles. The van der Waals surface area contributed by atoms with E-state index in [1.165, 1.54) is 6.92 Å². The first-order valence-electron chi connectivity index (χ1n) is 4.21. The first kappa shape index (κ1) is 11.7. The molecule has 12 heavy (non-hydrogen) atoms. The fourth-order valence-electron chi connectivity index (χ4n) is 0.869. The largest absolute Gasteiger partial charge is 0.211 e. The molecule has 1 unspecified atom stereocenters. The zero-order chi connectivity index (χ0) is 9.56. The molecule has 1 atom stereocenters. The topological polar surface area (TPSA) is 0 Å². The monoisotopic (exact) mass is 190 g/mol. The van der Waals surface area contributed by atoms with Gasteiger partial charge in [-0.15, -0.1) is 6.58 Å². The van der Waals surface area contributed by atoms with Crippen LogP contribution in [0, 0.1) is 5.92 Å². The van der Waals surface area contributed by atoms with Crippen LogP contribution in [-0.4, -0.2) is 0 Å². The summed E-state index contributed by atoms with van der Waals surface area (Å²) in [5.74, 6) is 0.234. The highest BCUT2D eigenvalue weighted by Crippen LogP contribution is 2.19. The predicted molar refractivity (Wildman–Crippen MR) is 52.9 cm³/mol. The second-order valence-electron chi connectivity index (χ2n) is 3.04. The van der Waals surface area contributed by atoms with Gasteiger partial charge in [-0.3, -0.25) is 0 Å². The summed E-state index contributed by atoms with van der Waals surface area (Å²) in [7, 11) is 0. The summed E-state index contributed by atoms with van der Waals surface area (Å²) >= 11 is 5.62. The maximum atomic E-state index is 12.4. The molecule has 0 aromatic carbocycles. The van der Waals surface area contributed by atoms with Gasteiger partial charge in [0.2, 0.25) is 0 Å². The number of halogens is 2. The first-order valence-corrected chi connectivity index (χ1v) is 4.59. The van der Waals surface area contributed by atoms with Gasteiger partial charge in [0, 0.05) is 5.03 Å². The van der Waals surface area contributed by atoms with Crippen molar-refractivity contribution < 1.29 is 4.39 Å². The van der Waals surface area contributed by atoms with Gasteiger partial charge in [-0.05, 0) is 32.1 Å². The Morgan fingerprint density at radius 3 is 2.67 bits per heavy atom. The van der Waals surface area contributed by atoms with E-state index in [1.54, 1.807) is 0 Å².